The fourth-order valence-electron chi connectivity index (χ4n) is 4.85. The van der Waals surface area contributed by atoms with Gasteiger partial charge in [-0.2, -0.15) is 0 Å². The van der Waals surface area contributed by atoms with Gasteiger partial charge in [-0.1, -0.05) is 50.1 Å². The van der Waals surface area contributed by atoms with Gasteiger partial charge < -0.3 is 5.32 Å². The van der Waals surface area contributed by atoms with Crippen LogP contribution in [0.25, 0.3) is 0 Å². The molecule has 1 amide bonds. The van der Waals surface area contributed by atoms with Crippen LogP contribution in [0.2, 0.25) is 0 Å². The summed E-state index contributed by atoms with van der Waals surface area (Å²) in [6, 6.07) is 11.3. The molecule has 1 saturated carbocycles. The Morgan fingerprint density at radius 3 is 2.67 bits per heavy atom. The van der Waals surface area contributed by atoms with Gasteiger partial charge in [0.05, 0.1) is 12.6 Å². The van der Waals surface area contributed by atoms with Crippen molar-refractivity contribution in [2.45, 2.75) is 64.5 Å². The van der Waals surface area contributed by atoms with Crippen LogP contribution in [0, 0.1) is 6.92 Å². The van der Waals surface area contributed by atoms with Gasteiger partial charge >= 0.3 is 0 Å². The fraction of sp³-hybridized carbons (Fsp3) is 0.522. The highest BCUT2D eigenvalue weighted by atomic mass is 32.1. The number of nitrogens with zero attached hydrogens (tertiary/aromatic N) is 1. The summed E-state index contributed by atoms with van der Waals surface area (Å²) in [6.07, 6.45) is 6.94. The maximum atomic E-state index is 12.7. The first-order chi connectivity index (χ1) is 13.2. The quantitative estimate of drug-likeness (QED) is 0.818. The van der Waals surface area contributed by atoms with Gasteiger partial charge in [-0.05, 0) is 49.3 Å². The number of carbonyl (C=O) groups is 1. The van der Waals surface area contributed by atoms with E-state index in [2.05, 4.69) is 54.4 Å². The van der Waals surface area contributed by atoms with Crippen molar-refractivity contribution >= 4 is 17.2 Å². The highest BCUT2D eigenvalue weighted by molar-refractivity contribution is 7.12. The van der Waals surface area contributed by atoms with Crippen LogP contribution in [0.3, 0.4) is 0 Å². The highest BCUT2D eigenvalue weighted by Gasteiger charge is 2.33. The second-order valence-electron chi connectivity index (χ2n) is 7.92. The van der Waals surface area contributed by atoms with E-state index >= 15 is 0 Å². The maximum absolute atomic E-state index is 12.7. The standard InChI is InChI=1S/C23H30N2OS/c1-3-19-16(2)27-23-20(19)13-14-25(22(23)17-9-5-4-6-10-17)15-21(26)24-18-11-7-8-12-18/h4-6,9-10,18,22H,3,7-8,11-15H2,1-2H3,(H,24,26). The molecule has 1 N–H and O–H groups in total. The average molecular weight is 383 g/mol. The van der Waals surface area contributed by atoms with Crippen LogP contribution in [-0.4, -0.2) is 29.9 Å². The minimum absolute atomic E-state index is 0.190. The molecule has 0 bridgehead atoms. The molecule has 4 heteroatoms. The lowest BCUT2D eigenvalue weighted by atomic mass is 9.91. The van der Waals surface area contributed by atoms with E-state index in [1.54, 1.807) is 5.56 Å². The Kier molecular flexibility index (Phi) is 5.65. The van der Waals surface area contributed by atoms with Crippen molar-refractivity contribution in [1.82, 2.24) is 10.2 Å². The van der Waals surface area contributed by atoms with Crippen molar-refractivity contribution in [3.8, 4) is 0 Å². The molecule has 3 nitrogen and oxygen atoms in total. The van der Waals surface area contributed by atoms with Crippen LogP contribution in [-0.2, 0) is 17.6 Å². The van der Waals surface area contributed by atoms with Crippen molar-refractivity contribution in [3.05, 3.63) is 56.8 Å². The van der Waals surface area contributed by atoms with Crippen LogP contribution in [0.1, 0.15) is 65.1 Å². The van der Waals surface area contributed by atoms with Gasteiger partial charge in [0.25, 0.3) is 0 Å². The van der Waals surface area contributed by atoms with Crippen molar-refractivity contribution in [2.24, 2.45) is 0 Å². The molecule has 2 aliphatic rings. The molecule has 1 aromatic carbocycles. The molecule has 4 rings (SSSR count). The lowest BCUT2D eigenvalue weighted by molar-refractivity contribution is -0.123. The van der Waals surface area contributed by atoms with E-state index in [0.717, 1.165) is 32.2 Å². The average Bonchev–Trinajstić information content (AvgIpc) is 3.28. The molecule has 1 unspecified atom stereocenters. The molecule has 0 spiro atoms. The molecular weight excluding hydrogens is 352 g/mol. The van der Waals surface area contributed by atoms with Crippen molar-refractivity contribution < 1.29 is 4.79 Å². The molecule has 1 aliphatic heterocycles. The van der Waals surface area contributed by atoms with Gasteiger partial charge in [-0.3, -0.25) is 9.69 Å². The number of amides is 1. The van der Waals surface area contributed by atoms with E-state index in [1.165, 1.54) is 33.7 Å². The van der Waals surface area contributed by atoms with Gasteiger partial charge in [0.1, 0.15) is 0 Å². The zero-order valence-electron chi connectivity index (χ0n) is 16.5. The van der Waals surface area contributed by atoms with Crippen molar-refractivity contribution in [3.63, 3.8) is 0 Å². The molecule has 1 atom stereocenters. The number of fused-ring (bicyclic) bond motifs is 1. The highest BCUT2D eigenvalue weighted by Crippen LogP contribution is 2.42. The van der Waals surface area contributed by atoms with Crippen LogP contribution >= 0.6 is 11.3 Å². The number of carbonyl (C=O) groups excluding carboxylic acids is 1. The molecule has 2 aromatic rings. The normalized spacial score (nSPS) is 20.6. The smallest absolute Gasteiger partial charge is 0.234 e. The van der Waals surface area contributed by atoms with Crippen LogP contribution < -0.4 is 5.32 Å². The van der Waals surface area contributed by atoms with Crippen molar-refractivity contribution in [1.29, 1.82) is 0 Å². The molecule has 0 radical (unpaired) electrons. The minimum Gasteiger partial charge on any atom is -0.352 e. The molecule has 0 saturated heterocycles. The summed E-state index contributed by atoms with van der Waals surface area (Å²) in [5.41, 5.74) is 4.38. The topological polar surface area (TPSA) is 32.3 Å². The Bertz CT molecular complexity index is 792. The van der Waals surface area contributed by atoms with E-state index in [9.17, 15) is 4.79 Å². The maximum Gasteiger partial charge on any atom is 0.234 e. The summed E-state index contributed by atoms with van der Waals surface area (Å²) < 4.78 is 0. The van der Waals surface area contributed by atoms with Crippen LogP contribution in [0.4, 0.5) is 0 Å². The first-order valence-corrected chi connectivity index (χ1v) is 11.2. The van der Waals surface area contributed by atoms with Gasteiger partial charge in [0.2, 0.25) is 5.91 Å². The van der Waals surface area contributed by atoms with Gasteiger partial charge in [0, 0.05) is 22.3 Å². The molecule has 1 fully saturated rings. The van der Waals surface area contributed by atoms with Gasteiger partial charge in [-0.15, -0.1) is 11.3 Å². The van der Waals surface area contributed by atoms with Crippen LogP contribution in [0.5, 0.6) is 0 Å². The lowest BCUT2D eigenvalue weighted by Gasteiger charge is -2.36. The SMILES string of the molecule is CCc1c(C)sc2c1CCN(CC(=O)NC1CCCC1)C2c1ccccc1. The fourth-order valence-corrected chi connectivity index (χ4v) is 6.32. The molecule has 2 heterocycles. The predicted molar refractivity (Wildman–Crippen MR) is 112 cm³/mol. The predicted octanol–water partition coefficient (Wildman–Crippen LogP) is 4.63. The van der Waals surface area contributed by atoms with E-state index in [4.69, 9.17) is 0 Å². The largest absolute Gasteiger partial charge is 0.352 e. The number of nitrogens with one attached hydrogen (secondary N) is 1. The molecular formula is C23H30N2OS. The number of aryl methyl sites for hydroxylation is 1. The Balaban J connectivity index is 1.61. The zero-order chi connectivity index (χ0) is 18.8. The molecule has 1 aliphatic carbocycles. The second kappa shape index (κ2) is 8.15. The summed E-state index contributed by atoms with van der Waals surface area (Å²) in [6.45, 7) is 5.96. The van der Waals surface area contributed by atoms with E-state index < -0.39 is 0 Å². The minimum atomic E-state index is 0.190. The Labute approximate surface area is 166 Å². The third kappa shape index (κ3) is 3.83. The van der Waals surface area contributed by atoms with E-state index in [-0.39, 0.29) is 11.9 Å². The number of hydrogen-bond donors (Lipinski definition) is 1. The molecule has 27 heavy (non-hydrogen) atoms. The number of rotatable bonds is 5. The van der Waals surface area contributed by atoms with E-state index in [1.807, 2.05) is 11.3 Å². The first-order valence-electron chi connectivity index (χ1n) is 10.4. The Morgan fingerprint density at radius 2 is 1.96 bits per heavy atom. The zero-order valence-corrected chi connectivity index (χ0v) is 17.3. The third-order valence-electron chi connectivity index (χ3n) is 6.15. The van der Waals surface area contributed by atoms with Gasteiger partial charge in [0.15, 0.2) is 0 Å². The summed E-state index contributed by atoms with van der Waals surface area (Å²) >= 11 is 1.93. The summed E-state index contributed by atoms with van der Waals surface area (Å²) in [7, 11) is 0. The number of thiophene rings is 1. The van der Waals surface area contributed by atoms with Crippen LogP contribution in [0.15, 0.2) is 30.3 Å². The molecule has 1 aromatic heterocycles. The van der Waals surface area contributed by atoms with Crippen molar-refractivity contribution in [2.75, 3.05) is 13.1 Å². The first kappa shape index (κ1) is 18.7. The monoisotopic (exact) mass is 382 g/mol. The second-order valence-corrected chi connectivity index (χ2v) is 9.17. The summed E-state index contributed by atoms with van der Waals surface area (Å²) in [5.74, 6) is 0.190. The number of benzene rings is 1. The molecule has 144 valence electrons. The summed E-state index contributed by atoms with van der Waals surface area (Å²) in [5, 5.41) is 3.27. The summed E-state index contributed by atoms with van der Waals surface area (Å²) in [4.78, 5) is 18.0. The third-order valence-corrected chi connectivity index (χ3v) is 7.39. The Hall–Kier alpha value is -1.65. The lowest BCUT2D eigenvalue weighted by Crippen LogP contribution is -2.44. The number of hydrogen-bond acceptors (Lipinski definition) is 3. The van der Waals surface area contributed by atoms with E-state index in [0.29, 0.717) is 12.6 Å². The Morgan fingerprint density at radius 1 is 1.22 bits per heavy atom. The van der Waals surface area contributed by atoms with Gasteiger partial charge in [-0.25, -0.2) is 0 Å².